The van der Waals surface area contributed by atoms with Crippen molar-refractivity contribution in [3.05, 3.63) is 93.0 Å². The van der Waals surface area contributed by atoms with Crippen molar-refractivity contribution in [1.82, 2.24) is 0 Å². The van der Waals surface area contributed by atoms with Gasteiger partial charge in [-0.25, -0.2) is 8.42 Å². The van der Waals surface area contributed by atoms with Crippen LogP contribution in [0.15, 0.2) is 71.6 Å². The quantitative estimate of drug-likeness (QED) is 0.397. The first-order chi connectivity index (χ1) is 14.7. The molecular weight excluding hydrogens is 442 g/mol. The molecule has 160 valence electrons. The van der Waals surface area contributed by atoms with Crippen molar-refractivity contribution in [3.63, 3.8) is 0 Å². The second-order valence-corrected chi connectivity index (χ2v) is 8.82. The summed E-state index contributed by atoms with van der Waals surface area (Å²) in [5.74, 6) is -0.505. The molecule has 0 saturated heterocycles. The Morgan fingerprint density at radius 3 is 2.52 bits per heavy atom. The Morgan fingerprint density at radius 2 is 1.81 bits per heavy atom. The SMILES string of the molecule is Cc1ccc(S(=O)(=O)Nc2cccc(Cl)c2)cc1NC(=O)Cc1ccccc1[N+](=O)[O-]. The van der Waals surface area contributed by atoms with Crippen molar-refractivity contribution in [2.24, 2.45) is 0 Å². The Labute approximate surface area is 184 Å². The minimum atomic E-state index is -3.93. The summed E-state index contributed by atoms with van der Waals surface area (Å²) in [5.41, 5.74) is 1.33. The van der Waals surface area contributed by atoms with Crippen molar-refractivity contribution in [2.45, 2.75) is 18.2 Å². The zero-order valence-electron chi connectivity index (χ0n) is 16.3. The highest BCUT2D eigenvalue weighted by molar-refractivity contribution is 7.92. The number of sulfonamides is 1. The fourth-order valence-corrected chi connectivity index (χ4v) is 4.14. The molecule has 0 aromatic heterocycles. The lowest BCUT2D eigenvalue weighted by Crippen LogP contribution is -2.17. The van der Waals surface area contributed by atoms with Gasteiger partial charge in [-0.1, -0.05) is 41.9 Å². The number of nitrogens with zero attached hydrogens (tertiary/aromatic N) is 1. The van der Waals surface area contributed by atoms with E-state index in [2.05, 4.69) is 10.0 Å². The number of carbonyl (C=O) groups is 1. The monoisotopic (exact) mass is 459 g/mol. The number of nitro groups is 1. The van der Waals surface area contributed by atoms with Crippen LogP contribution in [-0.4, -0.2) is 19.2 Å². The van der Waals surface area contributed by atoms with E-state index in [4.69, 9.17) is 11.6 Å². The Balaban J connectivity index is 1.81. The van der Waals surface area contributed by atoms with E-state index >= 15 is 0 Å². The van der Waals surface area contributed by atoms with Crippen molar-refractivity contribution >= 4 is 44.6 Å². The van der Waals surface area contributed by atoms with Gasteiger partial charge in [-0.2, -0.15) is 0 Å². The Kier molecular flexibility index (Phi) is 6.57. The smallest absolute Gasteiger partial charge is 0.273 e. The van der Waals surface area contributed by atoms with Gasteiger partial charge in [0.25, 0.3) is 15.7 Å². The van der Waals surface area contributed by atoms with Crippen LogP contribution in [0.1, 0.15) is 11.1 Å². The summed E-state index contributed by atoms with van der Waals surface area (Å²) in [6.07, 6.45) is -0.228. The molecule has 0 aliphatic heterocycles. The van der Waals surface area contributed by atoms with Gasteiger partial charge in [0.2, 0.25) is 5.91 Å². The largest absolute Gasteiger partial charge is 0.326 e. The number of hydrogen-bond donors (Lipinski definition) is 2. The Bertz CT molecular complexity index is 1260. The molecule has 3 rings (SSSR count). The number of para-hydroxylation sites is 1. The van der Waals surface area contributed by atoms with Crippen LogP contribution in [0.4, 0.5) is 17.1 Å². The van der Waals surface area contributed by atoms with E-state index in [1.165, 1.54) is 36.4 Å². The lowest BCUT2D eigenvalue weighted by molar-refractivity contribution is -0.385. The molecular formula is C21H18ClN3O5S. The number of benzene rings is 3. The lowest BCUT2D eigenvalue weighted by Gasteiger charge is -2.13. The molecule has 0 radical (unpaired) electrons. The summed E-state index contributed by atoms with van der Waals surface area (Å²) >= 11 is 5.90. The standard InChI is InChI=1S/C21H18ClN3O5S/c1-14-9-10-18(31(29,30)24-17-7-4-6-16(22)12-17)13-19(14)23-21(26)11-15-5-2-3-8-20(15)25(27)28/h2-10,12-13,24H,11H2,1H3,(H,23,26). The minimum Gasteiger partial charge on any atom is -0.326 e. The molecule has 31 heavy (non-hydrogen) atoms. The molecule has 2 N–H and O–H groups in total. The molecule has 0 atom stereocenters. The predicted octanol–water partition coefficient (Wildman–Crippen LogP) is 4.54. The molecule has 3 aromatic rings. The van der Waals surface area contributed by atoms with Crippen LogP contribution < -0.4 is 10.0 Å². The number of rotatable bonds is 7. The Hall–Kier alpha value is -3.43. The van der Waals surface area contributed by atoms with Gasteiger partial charge < -0.3 is 5.32 Å². The molecule has 0 aliphatic carbocycles. The number of hydrogen-bond acceptors (Lipinski definition) is 5. The summed E-state index contributed by atoms with van der Waals surface area (Å²) < 4.78 is 27.9. The van der Waals surface area contributed by atoms with E-state index in [0.29, 0.717) is 16.3 Å². The number of halogens is 1. The average molecular weight is 460 g/mol. The van der Waals surface area contributed by atoms with Crippen molar-refractivity contribution in [3.8, 4) is 0 Å². The molecule has 1 amide bonds. The first-order valence-corrected chi connectivity index (χ1v) is 10.9. The first-order valence-electron chi connectivity index (χ1n) is 9.07. The van der Waals surface area contributed by atoms with Crippen LogP contribution >= 0.6 is 11.6 Å². The maximum Gasteiger partial charge on any atom is 0.273 e. The maximum atomic E-state index is 12.7. The average Bonchev–Trinajstić information content (AvgIpc) is 2.69. The highest BCUT2D eigenvalue weighted by Crippen LogP contribution is 2.24. The fourth-order valence-electron chi connectivity index (χ4n) is 2.87. The number of nitro benzene ring substituents is 1. The third-order valence-corrected chi connectivity index (χ3v) is 6.02. The van der Waals surface area contributed by atoms with Crippen molar-refractivity contribution in [2.75, 3.05) is 10.0 Å². The zero-order valence-corrected chi connectivity index (χ0v) is 17.9. The maximum absolute atomic E-state index is 12.7. The van der Waals surface area contributed by atoms with Crippen molar-refractivity contribution < 1.29 is 18.1 Å². The summed E-state index contributed by atoms with van der Waals surface area (Å²) in [7, 11) is -3.93. The van der Waals surface area contributed by atoms with Gasteiger partial charge in [0.1, 0.15) is 0 Å². The summed E-state index contributed by atoms with van der Waals surface area (Å²) in [6, 6.07) is 16.5. The van der Waals surface area contributed by atoms with Gasteiger partial charge in [0, 0.05) is 22.3 Å². The molecule has 0 spiro atoms. The molecule has 0 fully saturated rings. The van der Waals surface area contributed by atoms with Gasteiger partial charge in [-0.15, -0.1) is 0 Å². The molecule has 3 aromatic carbocycles. The van der Waals surface area contributed by atoms with Gasteiger partial charge in [-0.05, 0) is 42.8 Å². The molecule has 10 heteroatoms. The number of nitrogens with one attached hydrogen (secondary N) is 2. The normalized spacial score (nSPS) is 11.0. The van der Waals surface area contributed by atoms with Gasteiger partial charge >= 0.3 is 0 Å². The van der Waals surface area contributed by atoms with Crippen molar-refractivity contribution in [1.29, 1.82) is 0 Å². The van der Waals surface area contributed by atoms with E-state index in [0.717, 1.165) is 0 Å². The molecule has 8 nitrogen and oxygen atoms in total. The Morgan fingerprint density at radius 1 is 1.06 bits per heavy atom. The number of carbonyl (C=O) groups excluding carboxylic acids is 1. The van der Waals surface area contributed by atoms with Gasteiger partial charge in [0.05, 0.1) is 21.9 Å². The zero-order chi connectivity index (χ0) is 22.6. The topological polar surface area (TPSA) is 118 Å². The molecule has 0 bridgehead atoms. The van der Waals surface area contributed by atoms with Gasteiger partial charge in [-0.3, -0.25) is 19.6 Å². The second kappa shape index (κ2) is 9.15. The number of amides is 1. The van der Waals surface area contributed by atoms with Crippen LogP contribution in [-0.2, 0) is 21.2 Å². The number of anilines is 2. The third kappa shape index (κ3) is 5.59. The van der Waals surface area contributed by atoms with E-state index < -0.39 is 20.9 Å². The summed E-state index contributed by atoms with van der Waals surface area (Å²) in [6.45, 7) is 1.71. The van der Waals surface area contributed by atoms with E-state index in [1.54, 1.807) is 37.3 Å². The number of aryl methyl sites for hydroxylation is 1. The highest BCUT2D eigenvalue weighted by Gasteiger charge is 2.19. The fraction of sp³-hybridized carbons (Fsp3) is 0.0952. The van der Waals surface area contributed by atoms with Crippen LogP contribution in [0.2, 0.25) is 5.02 Å². The lowest BCUT2D eigenvalue weighted by atomic mass is 10.1. The highest BCUT2D eigenvalue weighted by atomic mass is 35.5. The van der Waals surface area contributed by atoms with E-state index in [9.17, 15) is 23.3 Å². The summed E-state index contributed by atoms with van der Waals surface area (Å²) in [5, 5.41) is 14.2. The van der Waals surface area contributed by atoms with Gasteiger partial charge in [0.15, 0.2) is 0 Å². The second-order valence-electron chi connectivity index (χ2n) is 6.70. The van der Waals surface area contributed by atoms with Crippen LogP contribution in [0.25, 0.3) is 0 Å². The van der Waals surface area contributed by atoms with Crippen LogP contribution in [0.5, 0.6) is 0 Å². The first kappa shape index (κ1) is 22.3. The molecule has 0 unspecified atom stereocenters. The molecule has 0 saturated carbocycles. The molecule has 0 heterocycles. The van der Waals surface area contributed by atoms with Crippen LogP contribution in [0.3, 0.4) is 0 Å². The van der Waals surface area contributed by atoms with E-state index in [-0.39, 0.29) is 28.3 Å². The third-order valence-electron chi connectivity index (χ3n) is 4.41. The molecule has 0 aliphatic rings. The van der Waals surface area contributed by atoms with E-state index in [1.807, 2.05) is 0 Å². The minimum absolute atomic E-state index is 0.0564. The predicted molar refractivity (Wildman–Crippen MR) is 119 cm³/mol. The summed E-state index contributed by atoms with van der Waals surface area (Å²) in [4.78, 5) is 23.0. The van der Waals surface area contributed by atoms with Crippen LogP contribution in [0, 0.1) is 17.0 Å².